The van der Waals surface area contributed by atoms with Gasteiger partial charge in [0.05, 0.1) is 12.7 Å². The van der Waals surface area contributed by atoms with Crippen molar-refractivity contribution in [3.63, 3.8) is 0 Å². The normalized spacial score (nSPS) is 13.8. The molecule has 1 fully saturated rings. The SMILES string of the molecule is Cn1cc(NC(=O)c2coc(-c3ccnc(N(CC(F)(F)F)C(=O)OC(C)(C)C)c3)n2)c(N2CCOC2=O)n1. The fourth-order valence-electron chi connectivity index (χ4n) is 3.48. The van der Waals surface area contributed by atoms with Gasteiger partial charge in [0.1, 0.15) is 36.5 Å². The molecule has 1 N–H and O–H groups in total. The number of nitrogens with zero attached hydrogens (tertiary/aromatic N) is 6. The number of hydrogen-bond acceptors (Lipinski definition) is 9. The minimum absolute atomic E-state index is 0.116. The molecule has 13 nitrogen and oxygen atoms in total. The van der Waals surface area contributed by atoms with Crippen LogP contribution in [0.1, 0.15) is 31.3 Å². The molecule has 0 aromatic carbocycles. The Morgan fingerprint density at radius 1 is 1.26 bits per heavy atom. The molecule has 0 bridgehead atoms. The first kappa shape index (κ1) is 27.4. The van der Waals surface area contributed by atoms with Crippen molar-refractivity contribution in [2.24, 2.45) is 7.05 Å². The highest BCUT2D eigenvalue weighted by Gasteiger charge is 2.37. The van der Waals surface area contributed by atoms with Gasteiger partial charge in [-0.05, 0) is 32.9 Å². The third-order valence-corrected chi connectivity index (χ3v) is 5.03. The summed E-state index contributed by atoms with van der Waals surface area (Å²) in [6.45, 7) is 3.35. The summed E-state index contributed by atoms with van der Waals surface area (Å²) in [5.74, 6) is -0.994. The van der Waals surface area contributed by atoms with Crippen molar-refractivity contribution >= 4 is 35.4 Å². The maximum atomic E-state index is 13.2. The fourth-order valence-corrected chi connectivity index (χ4v) is 3.48. The summed E-state index contributed by atoms with van der Waals surface area (Å²) in [7, 11) is 1.61. The number of aryl methyl sites for hydroxylation is 1. The number of alkyl halides is 3. The van der Waals surface area contributed by atoms with Crippen molar-refractivity contribution in [2.45, 2.75) is 32.5 Å². The van der Waals surface area contributed by atoms with Crippen LogP contribution < -0.4 is 15.1 Å². The highest BCUT2D eigenvalue weighted by Crippen LogP contribution is 2.29. The molecule has 3 aromatic rings. The molecule has 208 valence electrons. The predicted molar refractivity (Wildman–Crippen MR) is 129 cm³/mol. The molecule has 0 atom stereocenters. The Balaban J connectivity index is 1.56. The summed E-state index contributed by atoms with van der Waals surface area (Å²) in [5.41, 5.74) is -0.845. The summed E-state index contributed by atoms with van der Waals surface area (Å²) in [6, 6.07) is 2.54. The quantitative estimate of drug-likeness (QED) is 0.481. The van der Waals surface area contributed by atoms with E-state index in [2.05, 4.69) is 20.4 Å². The predicted octanol–water partition coefficient (Wildman–Crippen LogP) is 3.98. The first-order valence-electron chi connectivity index (χ1n) is 11.5. The number of anilines is 3. The highest BCUT2D eigenvalue weighted by atomic mass is 19.4. The van der Waals surface area contributed by atoms with Crippen molar-refractivity contribution < 1.29 is 41.4 Å². The number of oxazole rings is 1. The number of halogens is 3. The molecule has 0 aliphatic carbocycles. The zero-order chi connectivity index (χ0) is 28.5. The average Bonchev–Trinajstić information content (AvgIpc) is 3.56. The Kier molecular flexibility index (Phi) is 7.21. The number of carbonyl (C=O) groups excluding carboxylic acids is 3. The maximum Gasteiger partial charge on any atom is 0.416 e. The average molecular weight is 551 g/mol. The van der Waals surface area contributed by atoms with Crippen molar-refractivity contribution in [3.05, 3.63) is 36.5 Å². The molecule has 3 amide bonds. The Hall–Kier alpha value is -4.63. The molecule has 4 heterocycles. The Morgan fingerprint density at radius 3 is 2.64 bits per heavy atom. The lowest BCUT2D eigenvalue weighted by atomic mass is 10.2. The third-order valence-electron chi connectivity index (χ3n) is 5.03. The van der Waals surface area contributed by atoms with Crippen LogP contribution in [0.5, 0.6) is 0 Å². The second-order valence-electron chi connectivity index (χ2n) is 9.38. The topological polar surface area (TPSA) is 145 Å². The van der Waals surface area contributed by atoms with Crippen LogP contribution in [0.2, 0.25) is 0 Å². The van der Waals surface area contributed by atoms with Crippen LogP contribution in [0.4, 0.5) is 40.1 Å². The minimum Gasteiger partial charge on any atom is -0.447 e. The number of hydrogen-bond donors (Lipinski definition) is 1. The molecule has 4 rings (SSSR count). The van der Waals surface area contributed by atoms with E-state index in [4.69, 9.17) is 13.9 Å². The van der Waals surface area contributed by atoms with Crippen molar-refractivity contribution in [3.8, 4) is 11.5 Å². The fraction of sp³-hybridized carbons (Fsp3) is 0.391. The molecule has 3 aromatic heterocycles. The van der Waals surface area contributed by atoms with Crippen LogP contribution in [0.25, 0.3) is 11.5 Å². The molecule has 1 aliphatic rings. The Bertz CT molecular complexity index is 1400. The lowest BCUT2D eigenvalue weighted by Crippen LogP contribution is -2.42. The second kappa shape index (κ2) is 10.3. The molecule has 1 aliphatic heterocycles. The summed E-state index contributed by atoms with van der Waals surface area (Å²) in [6.07, 6.45) is -2.88. The zero-order valence-corrected chi connectivity index (χ0v) is 21.3. The first-order valence-corrected chi connectivity index (χ1v) is 11.5. The van der Waals surface area contributed by atoms with Gasteiger partial charge in [-0.2, -0.15) is 18.3 Å². The summed E-state index contributed by atoms with van der Waals surface area (Å²) < 4.78 is 56.5. The first-order chi connectivity index (χ1) is 18.2. The zero-order valence-electron chi connectivity index (χ0n) is 21.3. The smallest absolute Gasteiger partial charge is 0.416 e. The van der Waals surface area contributed by atoms with Gasteiger partial charge < -0.3 is 19.2 Å². The summed E-state index contributed by atoms with van der Waals surface area (Å²) in [4.78, 5) is 46.9. The second-order valence-corrected chi connectivity index (χ2v) is 9.38. The molecular weight excluding hydrogens is 527 g/mol. The van der Waals surface area contributed by atoms with Crippen LogP contribution in [-0.4, -0.2) is 69.3 Å². The van der Waals surface area contributed by atoms with Gasteiger partial charge in [0, 0.05) is 18.8 Å². The standard InChI is InChI=1S/C23H24F3N7O6/c1-22(2,3)39-21(36)33(12-23(24,25)26)16-9-13(5-6-27-16)19-29-15(11-38-19)18(34)28-14-10-31(4)30-17(14)32-7-8-37-20(32)35/h5-6,9-11H,7-8,12H2,1-4H3,(H,28,34). The molecular formula is C23H24F3N7O6. The van der Waals surface area contributed by atoms with Crippen LogP contribution in [0, 0.1) is 0 Å². The van der Waals surface area contributed by atoms with Gasteiger partial charge in [-0.1, -0.05) is 0 Å². The van der Waals surface area contributed by atoms with E-state index in [9.17, 15) is 27.6 Å². The molecule has 1 saturated heterocycles. The van der Waals surface area contributed by atoms with Crippen LogP contribution in [-0.2, 0) is 16.5 Å². The van der Waals surface area contributed by atoms with E-state index >= 15 is 0 Å². The van der Waals surface area contributed by atoms with E-state index in [-0.39, 0.29) is 47.6 Å². The van der Waals surface area contributed by atoms with Gasteiger partial charge in [0.15, 0.2) is 11.5 Å². The number of pyridine rings is 1. The monoisotopic (exact) mass is 551 g/mol. The molecule has 0 radical (unpaired) electrons. The van der Waals surface area contributed by atoms with Gasteiger partial charge >= 0.3 is 18.4 Å². The number of carbonyl (C=O) groups is 3. The van der Waals surface area contributed by atoms with Crippen molar-refractivity contribution in [1.82, 2.24) is 19.7 Å². The number of ether oxygens (including phenoxy) is 2. The van der Waals surface area contributed by atoms with E-state index in [1.54, 1.807) is 7.05 Å². The summed E-state index contributed by atoms with van der Waals surface area (Å²) >= 11 is 0. The van der Waals surface area contributed by atoms with E-state index in [1.807, 2.05) is 0 Å². The molecule has 16 heteroatoms. The van der Waals surface area contributed by atoms with Gasteiger partial charge in [-0.15, -0.1) is 0 Å². The lowest BCUT2D eigenvalue weighted by Gasteiger charge is -2.27. The number of aromatic nitrogens is 4. The number of nitrogens with one attached hydrogen (secondary N) is 1. The largest absolute Gasteiger partial charge is 0.447 e. The van der Waals surface area contributed by atoms with Gasteiger partial charge in [-0.3, -0.25) is 19.3 Å². The Morgan fingerprint density at radius 2 is 2.00 bits per heavy atom. The van der Waals surface area contributed by atoms with Crippen LogP contribution >= 0.6 is 0 Å². The number of cyclic esters (lactones) is 1. The highest BCUT2D eigenvalue weighted by molar-refractivity contribution is 6.05. The molecule has 39 heavy (non-hydrogen) atoms. The van der Waals surface area contributed by atoms with Gasteiger partial charge in [0.2, 0.25) is 5.89 Å². The van der Waals surface area contributed by atoms with Crippen molar-refractivity contribution in [2.75, 3.05) is 34.8 Å². The maximum absolute atomic E-state index is 13.2. The molecule has 0 saturated carbocycles. The number of amides is 3. The summed E-state index contributed by atoms with van der Waals surface area (Å²) in [5, 5.41) is 6.78. The van der Waals surface area contributed by atoms with E-state index in [0.29, 0.717) is 4.90 Å². The van der Waals surface area contributed by atoms with Crippen LogP contribution in [0.3, 0.4) is 0 Å². The molecule has 0 spiro atoms. The van der Waals surface area contributed by atoms with E-state index in [1.165, 1.54) is 48.8 Å². The minimum atomic E-state index is -4.74. The molecule has 0 unspecified atom stereocenters. The third kappa shape index (κ3) is 6.63. The van der Waals surface area contributed by atoms with E-state index < -0.39 is 36.4 Å². The van der Waals surface area contributed by atoms with Gasteiger partial charge in [0.25, 0.3) is 5.91 Å². The Labute approximate surface area is 219 Å². The van der Waals surface area contributed by atoms with Gasteiger partial charge in [-0.25, -0.2) is 19.6 Å². The lowest BCUT2D eigenvalue weighted by molar-refractivity contribution is -0.119. The van der Waals surface area contributed by atoms with Crippen molar-refractivity contribution in [1.29, 1.82) is 0 Å². The van der Waals surface area contributed by atoms with Crippen LogP contribution in [0.15, 0.2) is 35.2 Å². The van der Waals surface area contributed by atoms with E-state index in [0.717, 1.165) is 12.3 Å². The number of rotatable bonds is 6.